The van der Waals surface area contributed by atoms with E-state index in [4.69, 9.17) is 16.3 Å². The summed E-state index contributed by atoms with van der Waals surface area (Å²) in [5.41, 5.74) is 2.49. The topological polar surface area (TPSA) is 72.3 Å². The molecular weight excluding hydrogens is 354 g/mol. The molecule has 0 radical (unpaired) electrons. The predicted octanol–water partition coefficient (Wildman–Crippen LogP) is 2.43. The van der Waals surface area contributed by atoms with Crippen molar-refractivity contribution in [2.75, 3.05) is 42.4 Å². The second kappa shape index (κ2) is 7.31. The maximum Gasteiger partial charge on any atom is 0.241 e. The van der Waals surface area contributed by atoms with Gasteiger partial charge in [0.1, 0.15) is 11.7 Å². The van der Waals surface area contributed by atoms with E-state index in [2.05, 4.69) is 20.2 Å². The number of alkyl halides is 1. The zero-order chi connectivity index (χ0) is 17.9. The molecule has 0 aliphatic carbocycles. The lowest BCUT2D eigenvalue weighted by Gasteiger charge is -2.27. The van der Waals surface area contributed by atoms with Crippen molar-refractivity contribution in [2.24, 2.45) is 0 Å². The summed E-state index contributed by atoms with van der Waals surface area (Å²) < 4.78 is 7.25. The Balaban J connectivity index is 1.72. The first-order valence-electron chi connectivity index (χ1n) is 8.38. The minimum absolute atomic E-state index is 0.128. The lowest BCUT2D eigenvalue weighted by atomic mass is 10.3. The van der Waals surface area contributed by atoms with Gasteiger partial charge in [-0.3, -0.25) is 14.7 Å². The lowest BCUT2D eigenvalue weighted by molar-refractivity contribution is -0.114. The monoisotopic (exact) mass is 371 g/mol. The molecule has 8 heteroatoms. The van der Waals surface area contributed by atoms with Crippen LogP contribution in [-0.2, 0) is 9.53 Å². The van der Waals surface area contributed by atoms with E-state index in [9.17, 15) is 4.79 Å². The Hall–Kier alpha value is -2.64. The van der Waals surface area contributed by atoms with Crippen LogP contribution in [0.25, 0.3) is 16.7 Å². The van der Waals surface area contributed by atoms with Crippen molar-refractivity contribution in [2.45, 2.75) is 0 Å². The molecule has 4 rings (SSSR count). The molecule has 3 aromatic rings. The van der Waals surface area contributed by atoms with Crippen molar-refractivity contribution in [1.82, 2.24) is 14.5 Å². The third-order valence-electron chi connectivity index (χ3n) is 4.26. The second-order valence-corrected chi connectivity index (χ2v) is 6.18. The molecule has 1 aromatic carbocycles. The van der Waals surface area contributed by atoms with E-state index in [1.165, 1.54) is 0 Å². The molecule has 1 N–H and O–H groups in total. The average Bonchev–Trinajstić information content (AvgIpc) is 3.06. The summed E-state index contributed by atoms with van der Waals surface area (Å²) in [5.74, 6) is 0.906. The fraction of sp³-hybridized carbons (Fsp3) is 0.278. The van der Waals surface area contributed by atoms with Crippen LogP contribution in [0.3, 0.4) is 0 Å². The molecule has 134 valence electrons. The maximum absolute atomic E-state index is 11.8. The van der Waals surface area contributed by atoms with Gasteiger partial charge in [0.2, 0.25) is 11.9 Å². The Bertz CT molecular complexity index is 919. The number of aromatic nitrogens is 3. The smallest absolute Gasteiger partial charge is 0.241 e. The van der Waals surface area contributed by atoms with Crippen molar-refractivity contribution in [1.29, 1.82) is 0 Å². The van der Waals surface area contributed by atoms with E-state index in [1.807, 2.05) is 41.0 Å². The number of pyridine rings is 1. The summed E-state index contributed by atoms with van der Waals surface area (Å²) in [6.07, 6.45) is 1.79. The molecule has 0 spiro atoms. The number of fused-ring (bicyclic) bond motifs is 1. The number of anilines is 2. The van der Waals surface area contributed by atoms with Crippen molar-refractivity contribution in [3.05, 3.63) is 42.6 Å². The van der Waals surface area contributed by atoms with Gasteiger partial charge in [-0.2, -0.15) is 0 Å². The minimum Gasteiger partial charge on any atom is -0.378 e. The first-order valence-corrected chi connectivity index (χ1v) is 8.92. The quantitative estimate of drug-likeness (QED) is 0.713. The standard InChI is InChI=1S/C18H18ClN5O2/c19-11-17(25)22-18-21-14-3-1-2-4-15(14)24(18)13-5-6-16(20-12-13)23-7-9-26-10-8-23/h1-6,12H,7-11H2,(H,21,22,25). The summed E-state index contributed by atoms with van der Waals surface area (Å²) >= 11 is 5.63. The van der Waals surface area contributed by atoms with Crippen LogP contribution in [0.4, 0.5) is 11.8 Å². The first-order chi connectivity index (χ1) is 12.8. The third kappa shape index (κ3) is 3.23. The fourth-order valence-corrected chi connectivity index (χ4v) is 3.09. The Kier molecular flexibility index (Phi) is 4.73. The lowest BCUT2D eigenvalue weighted by Crippen LogP contribution is -2.36. The van der Waals surface area contributed by atoms with Crippen LogP contribution in [0.15, 0.2) is 42.6 Å². The van der Waals surface area contributed by atoms with E-state index in [0.29, 0.717) is 19.2 Å². The highest BCUT2D eigenvalue weighted by Gasteiger charge is 2.16. The van der Waals surface area contributed by atoms with Crippen molar-refractivity contribution in [3.8, 4) is 5.69 Å². The predicted molar refractivity (Wildman–Crippen MR) is 101 cm³/mol. The Morgan fingerprint density at radius 3 is 2.73 bits per heavy atom. The molecule has 1 aliphatic rings. The van der Waals surface area contributed by atoms with Crippen LogP contribution in [0.2, 0.25) is 0 Å². The Labute approximate surface area is 155 Å². The number of amides is 1. The van der Waals surface area contributed by atoms with Crippen molar-refractivity contribution < 1.29 is 9.53 Å². The molecule has 0 bridgehead atoms. The minimum atomic E-state index is -0.305. The van der Waals surface area contributed by atoms with Crippen molar-refractivity contribution in [3.63, 3.8) is 0 Å². The van der Waals surface area contributed by atoms with Crippen LogP contribution in [0, 0.1) is 0 Å². The zero-order valence-electron chi connectivity index (χ0n) is 14.1. The average molecular weight is 372 g/mol. The summed E-state index contributed by atoms with van der Waals surface area (Å²) in [6.45, 7) is 3.09. The number of ether oxygens (including phenoxy) is 1. The summed E-state index contributed by atoms with van der Waals surface area (Å²) in [7, 11) is 0. The van der Waals surface area contributed by atoms with Gasteiger partial charge in [0, 0.05) is 13.1 Å². The number of rotatable bonds is 4. The molecule has 1 saturated heterocycles. The first kappa shape index (κ1) is 16.8. The highest BCUT2D eigenvalue weighted by Crippen LogP contribution is 2.25. The largest absolute Gasteiger partial charge is 0.378 e. The van der Waals surface area contributed by atoms with Crippen LogP contribution in [0.5, 0.6) is 0 Å². The number of carbonyl (C=O) groups excluding carboxylic acids is 1. The van der Waals surface area contributed by atoms with Crippen LogP contribution < -0.4 is 10.2 Å². The van der Waals surface area contributed by atoms with Gasteiger partial charge in [0.25, 0.3) is 0 Å². The molecule has 0 saturated carbocycles. The zero-order valence-corrected chi connectivity index (χ0v) is 14.8. The number of nitrogens with one attached hydrogen (secondary N) is 1. The highest BCUT2D eigenvalue weighted by molar-refractivity contribution is 6.29. The Morgan fingerprint density at radius 1 is 1.19 bits per heavy atom. The van der Waals surface area contributed by atoms with E-state index in [-0.39, 0.29) is 11.8 Å². The van der Waals surface area contributed by atoms with Gasteiger partial charge < -0.3 is 9.64 Å². The molecule has 26 heavy (non-hydrogen) atoms. The van der Waals surface area contributed by atoms with E-state index in [1.54, 1.807) is 6.20 Å². The molecule has 0 atom stereocenters. The molecular formula is C18H18ClN5O2. The number of para-hydroxylation sites is 2. The van der Waals surface area contributed by atoms with Crippen LogP contribution >= 0.6 is 11.6 Å². The summed E-state index contributed by atoms with van der Waals surface area (Å²) in [5, 5.41) is 2.75. The third-order valence-corrected chi connectivity index (χ3v) is 4.50. The number of benzene rings is 1. The Morgan fingerprint density at radius 2 is 2.00 bits per heavy atom. The van der Waals surface area contributed by atoms with E-state index >= 15 is 0 Å². The normalized spacial score (nSPS) is 14.6. The van der Waals surface area contributed by atoms with E-state index < -0.39 is 0 Å². The molecule has 2 aromatic heterocycles. The summed E-state index contributed by atoms with van der Waals surface area (Å²) in [4.78, 5) is 23.1. The number of imidazole rings is 1. The number of nitrogens with zero attached hydrogens (tertiary/aromatic N) is 4. The molecule has 3 heterocycles. The number of morpholine rings is 1. The molecule has 1 amide bonds. The van der Waals surface area contributed by atoms with E-state index in [0.717, 1.165) is 35.6 Å². The van der Waals surface area contributed by atoms with Crippen molar-refractivity contribution >= 4 is 40.3 Å². The van der Waals surface area contributed by atoms with Gasteiger partial charge in [0.15, 0.2) is 0 Å². The SMILES string of the molecule is O=C(CCl)Nc1nc2ccccc2n1-c1ccc(N2CCOCC2)nc1. The molecule has 7 nitrogen and oxygen atoms in total. The van der Waals surface area contributed by atoms with Gasteiger partial charge >= 0.3 is 0 Å². The highest BCUT2D eigenvalue weighted by atomic mass is 35.5. The second-order valence-electron chi connectivity index (χ2n) is 5.92. The summed E-state index contributed by atoms with van der Waals surface area (Å²) in [6, 6.07) is 11.6. The van der Waals surface area contributed by atoms with Gasteiger partial charge in [0.05, 0.1) is 36.1 Å². The van der Waals surface area contributed by atoms with Gasteiger partial charge in [-0.05, 0) is 24.3 Å². The van der Waals surface area contributed by atoms with Gasteiger partial charge in [-0.25, -0.2) is 9.97 Å². The molecule has 1 aliphatic heterocycles. The molecule has 1 fully saturated rings. The number of carbonyl (C=O) groups is 1. The van der Waals surface area contributed by atoms with Gasteiger partial charge in [-0.15, -0.1) is 11.6 Å². The number of halogens is 1. The number of hydrogen-bond acceptors (Lipinski definition) is 5. The van der Waals surface area contributed by atoms with Crippen LogP contribution in [-0.4, -0.2) is 52.6 Å². The maximum atomic E-state index is 11.8. The fourth-order valence-electron chi connectivity index (χ4n) is 3.02. The van der Waals surface area contributed by atoms with Crippen LogP contribution in [0.1, 0.15) is 0 Å². The molecule has 0 unspecified atom stereocenters. The number of hydrogen-bond donors (Lipinski definition) is 1. The van der Waals surface area contributed by atoms with Gasteiger partial charge in [-0.1, -0.05) is 12.1 Å².